The van der Waals surface area contributed by atoms with E-state index in [2.05, 4.69) is 5.16 Å². The van der Waals surface area contributed by atoms with Gasteiger partial charge in [0.2, 0.25) is 0 Å². The molecule has 0 aliphatic heterocycles. The minimum atomic E-state index is 0.0399. The molecule has 0 aromatic rings. The molecule has 0 aromatic heterocycles. The molecule has 0 radical (unpaired) electrons. The van der Waals surface area contributed by atoms with Crippen LogP contribution in [-0.4, -0.2) is 16.7 Å². The van der Waals surface area contributed by atoms with E-state index in [0.717, 1.165) is 25.7 Å². The van der Waals surface area contributed by atoms with Crippen molar-refractivity contribution < 1.29 is 10.0 Å². The molecule has 0 bridgehead atoms. The molecule has 0 heterocycles. The van der Waals surface area contributed by atoms with E-state index in [0.29, 0.717) is 18.6 Å². The number of carbonyl (C=O) groups excluding carboxylic acids is 1. The Morgan fingerprint density at radius 1 is 0.800 bits per heavy atom. The predicted molar refractivity (Wildman–Crippen MR) is 60.4 cm³/mol. The number of oxime groups is 1. The van der Waals surface area contributed by atoms with Crippen molar-refractivity contribution in [1.82, 2.24) is 0 Å². The average Bonchev–Trinajstić information content (AvgIpc) is 2.23. The highest BCUT2D eigenvalue weighted by atomic mass is 16.4. The molecule has 0 spiro atoms. The van der Waals surface area contributed by atoms with Crippen molar-refractivity contribution in [3.05, 3.63) is 0 Å². The Morgan fingerprint density at radius 2 is 1.27 bits per heavy atom. The third-order valence-corrected chi connectivity index (χ3v) is 3.01. The van der Waals surface area contributed by atoms with Gasteiger partial charge in [-0.25, -0.2) is 0 Å². The van der Waals surface area contributed by atoms with Crippen molar-refractivity contribution in [2.75, 3.05) is 0 Å². The lowest BCUT2D eigenvalue weighted by molar-refractivity contribution is -0.113. The van der Waals surface area contributed by atoms with Crippen molar-refractivity contribution in [2.24, 2.45) is 5.16 Å². The Labute approximate surface area is 91.6 Å². The minimum absolute atomic E-state index is 0.0399. The Morgan fingerprint density at radius 3 is 1.80 bits per heavy atom. The normalized spacial score (nSPS) is 24.5. The van der Waals surface area contributed by atoms with Gasteiger partial charge in [0, 0.05) is 6.42 Å². The van der Waals surface area contributed by atoms with Gasteiger partial charge in [-0.05, 0) is 19.3 Å². The standard InChI is InChI=1S/C12H21NO2/c14-12-10-8-6-4-2-1-3-5-7-9-11(12)13-15/h15H,1-10H2. The van der Waals surface area contributed by atoms with E-state index in [4.69, 9.17) is 5.21 Å². The van der Waals surface area contributed by atoms with Crippen molar-refractivity contribution in [3.8, 4) is 0 Å². The maximum atomic E-state index is 11.6. The SMILES string of the molecule is O=C1CCCCCCCCCCC1=NO. The summed E-state index contributed by atoms with van der Waals surface area (Å²) in [6.45, 7) is 0. The van der Waals surface area contributed by atoms with E-state index in [9.17, 15) is 4.79 Å². The Balaban J connectivity index is 2.41. The topological polar surface area (TPSA) is 49.7 Å². The third kappa shape index (κ3) is 4.96. The van der Waals surface area contributed by atoms with Crippen LogP contribution >= 0.6 is 0 Å². The molecule has 0 aromatic carbocycles. The van der Waals surface area contributed by atoms with Gasteiger partial charge in [0.25, 0.3) is 0 Å². The summed E-state index contributed by atoms with van der Waals surface area (Å²) in [4.78, 5) is 11.6. The molecule has 0 atom stereocenters. The first-order valence-corrected chi connectivity index (χ1v) is 6.08. The van der Waals surface area contributed by atoms with Gasteiger partial charge in [-0.1, -0.05) is 43.7 Å². The molecule has 1 rings (SSSR count). The molecule has 1 N–H and O–H groups in total. The number of hydrogen-bond donors (Lipinski definition) is 1. The van der Waals surface area contributed by atoms with Gasteiger partial charge < -0.3 is 5.21 Å². The fourth-order valence-electron chi connectivity index (χ4n) is 2.03. The number of ketones is 1. The van der Waals surface area contributed by atoms with Crippen LogP contribution in [-0.2, 0) is 4.79 Å². The van der Waals surface area contributed by atoms with Crippen LogP contribution in [0.4, 0.5) is 0 Å². The molecule has 1 aliphatic rings. The highest BCUT2D eigenvalue weighted by molar-refractivity contribution is 6.39. The molecule has 15 heavy (non-hydrogen) atoms. The number of carbonyl (C=O) groups is 1. The second-order valence-electron chi connectivity index (χ2n) is 4.30. The lowest BCUT2D eigenvalue weighted by atomic mass is 9.99. The number of rotatable bonds is 0. The molecule has 3 nitrogen and oxygen atoms in total. The van der Waals surface area contributed by atoms with Gasteiger partial charge >= 0.3 is 0 Å². The van der Waals surface area contributed by atoms with Crippen LogP contribution in [0.25, 0.3) is 0 Å². The fourth-order valence-corrected chi connectivity index (χ4v) is 2.03. The number of Topliss-reactive ketones (excluding diaryl/α,β-unsaturated/α-hetero) is 1. The Hall–Kier alpha value is -0.860. The summed E-state index contributed by atoms with van der Waals surface area (Å²) in [6.07, 6.45) is 10.5. The lowest BCUT2D eigenvalue weighted by Gasteiger charge is -2.06. The Kier molecular flexibility index (Phi) is 6.05. The first-order chi connectivity index (χ1) is 7.34. The molecule has 1 saturated carbocycles. The third-order valence-electron chi connectivity index (χ3n) is 3.01. The summed E-state index contributed by atoms with van der Waals surface area (Å²) < 4.78 is 0. The summed E-state index contributed by atoms with van der Waals surface area (Å²) in [5, 5.41) is 11.9. The maximum Gasteiger partial charge on any atom is 0.180 e. The highest BCUT2D eigenvalue weighted by Crippen LogP contribution is 2.13. The number of hydrogen-bond acceptors (Lipinski definition) is 3. The monoisotopic (exact) mass is 211 g/mol. The van der Waals surface area contributed by atoms with Crippen molar-refractivity contribution in [3.63, 3.8) is 0 Å². The van der Waals surface area contributed by atoms with Crippen molar-refractivity contribution in [1.29, 1.82) is 0 Å². The van der Waals surface area contributed by atoms with Gasteiger partial charge in [0.05, 0.1) is 0 Å². The van der Waals surface area contributed by atoms with Crippen LogP contribution < -0.4 is 0 Å². The van der Waals surface area contributed by atoms with Crippen LogP contribution in [0, 0.1) is 0 Å². The molecule has 1 fully saturated rings. The summed E-state index contributed by atoms with van der Waals surface area (Å²) in [7, 11) is 0. The summed E-state index contributed by atoms with van der Waals surface area (Å²) in [6, 6.07) is 0. The van der Waals surface area contributed by atoms with Crippen LogP contribution in [0.15, 0.2) is 5.16 Å². The zero-order chi connectivity index (χ0) is 10.9. The van der Waals surface area contributed by atoms with E-state index in [1.807, 2.05) is 0 Å². The van der Waals surface area contributed by atoms with E-state index in [-0.39, 0.29) is 5.78 Å². The maximum absolute atomic E-state index is 11.6. The molecular weight excluding hydrogens is 190 g/mol. The van der Waals surface area contributed by atoms with Crippen LogP contribution in [0.1, 0.15) is 64.2 Å². The van der Waals surface area contributed by atoms with E-state index in [1.165, 1.54) is 25.7 Å². The second kappa shape index (κ2) is 7.43. The van der Waals surface area contributed by atoms with E-state index < -0.39 is 0 Å². The van der Waals surface area contributed by atoms with E-state index >= 15 is 0 Å². The zero-order valence-corrected chi connectivity index (χ0v) is 9.37. The number of nitrogens with zero attached hydrogens (tertiary/aromatic N) is 1. The average molecular weight is 211 g/mol. The fraction of sp³-hybridized carbons (Fsp3) is 0.833. The van der Waals surface area contributed by atoms with Gasteiger partial charge in [0.15, 0.2) is 5.78 Å². The summed E-state index contributed by atoms with van der Waals surface area (Å²) in [5.41, 5.74) is 0.385. The highest BCUT2D eigenvalue weighted by Gasteiger charge is 2.11. The lowest BCUT2D eigenvalue weighted by Crippen LogP contribution is -2.14. The van der Waals surface area contributed by atoms with Gasteiger partial charge in [0.1, 0.15) is 5.71 Å². The van der Waals surface area contributed by atoms with Gasteiger partial charge in [-0.15, -0.1) is 0 Å². The summed E-state index contributed by atoms with van der Waals surface area (Å²) >= 11 is 0. The van der Waals surface area contributed by atoms with Crippen molar-refractivity contribution in [2.45, 2.75) is 64.2 Å². The molecule has 3 heteroatoms. The first kappa shape index (κ1) is 12.2. The van der Waals surface area contributed by atoms with Gasteiger partial charge in [-0.3, -0.25) is 4.79 Å². The largest absolute Gasteiger partial charge is 0.411 e. The minimum Gasteiger partial charge on any atom is -0.411 e. The van der Waals surface area contributed by atoms with Crippen LogP contribution in [0.3, 0.4) is 0 Å². The quantitative estimate of drug-likeness (QED) is 0.493. The van der Waals surface area contributed by atoms with E-state index in [1.54, 1.807) is 0 Å². The first-order valence-electron chi connectivity index (χ1n) is 6.08. The molecule has 86 valence electrons. The predicted octanol–water partition coefficient (Wildman–Crippen LogP) is 3.30. The van der Waals surface area contributed by atoms with Crippen molar-refractivity contribution >= 4 is 11.5 Å². The molecule has 0 unspecified atom stereocenters. The molecule has 1 aliphatic carbocycles. The molecule has 0 amide bonds. The van der Waals surface area contributed by atoms with Gasteiger partial charge in [-0.2, -0.15) is 0 Å². The molecular formula is C12H21NO2. The van der Waals surface area contributed by atoms with Crippen LogP contribution in [0.5, 0.6) is 0 Å². The summed E-state index contributed by atoms with van der Waals surface area (Å²) in [5.74, 6) is 0.0399. The van der Waals surface area contributed by atoms with Crippen LogP contribution in [0.2, 0.25) is 0 Å². The second-order valence-corrected chi connectivity index (χ2v) is 4.30. The zero-order valence-electron chi connectivity index (χ0n) is 9.37. The smallest absolute Gasteiger partial charge is 0.180 e. The molecule has 0 saturated heterocycles. The Bertz CT molecular complexity index is 224.